The molecule has 0 spiro atoms. The predicted octanol–water partition coefficient (Wildman–Crippen LogP) is 5.29. The van der Waals surface area contributed by atoms with E-state index >= 15 is 0 Å². The van der Waals surface area contributed by atoms with Gasteiger partial charge < -0.3 is 4.74 Å². The minimum Gasteiger partial charge on any atom is -0.457 e. The van der Waals surface area contributed by atoms with Crippen LogP contribution in [-0.2, 0) is 0 Å². The summed E-state index contributed by atoms with van der Waals surface area (Å²) in [5, 5.41) is 0. The minimum absolute atomic E-state index is 0.241. The molecule has 0 atom stereocenters. The lowest BCUT2D eigenvalue weighted by atomic mass is 10.0. The Morgan fingerprint density at radius 3 is 2.05 bits per heavy atom. The van der Waals surface area contributed by atoms with Gasteiger partial charge in [0.25, 0.3) is 0 Å². The molecule has 0 heterocycles. The second-order valence-electron chi connectivity index (χ2n) is 4.42. The van der Waals surface area contributed by atoms with Gasteiger partial charge in [0.05, 0.1) is 0 Å². The largest absolute Gasteiger partial charge is 0.457 e. The molecule has 0 aliphatic heterocycles. The molecule has 0 N–H and O–H groups in total. The van der Waals surface area contributed by atoms with Gasteiger partial charge in [0, 0.05) is 5.56 Å². The highest BCUT2D eigenvalue weighted by Gasteiger charge is 2.06. The Labute approximate surface area is 117 Å². The summed E-state index contributed by atoms with van der Waals surface area (Å²) in [7, 11) is 0. The molecule has 0 aliphatic carbocycles. The molecular weight excluding hydrogens is 251 g/mol. The normalized spacial score (nSPS) is 10.2. The van der Waals surface area contributed by atoms with E-state index in [0.717, 1.165) is 22.6 Å². The SMILES string of the molecule is Fc1ccc(-c2ccccc2Oc2ccccc2)cc1. The van der Waals surface area contributed by atoms with Gasteiger partial charge in [0.1, 0.15) is 17.3 Å². The van der Waals surface area contributed by atoms with Crippen molar-refractivity contribution in [3.05, 3.63) is 84.7 Å². The van der Waals surface area contributed by atoms with Gasteiger partial charge in [0.2, 0.25) is 0 Å². The summed E-state index contributed by atoms with van der Waals surface area (Å²) in [6.07, 6.45) is 0. The van der Waals surface area contributed by atoms with Crippen molar-refractivity contribution in [3.8, 4) is 22.6 Å². The number of halogens is 1. The number of rotatable bonds is 3. The van der Waals surface area contributed by atoms with Crippen LogP contribution >= 0.6 is 0 Å². The molecule has 0 radical (unpaired) electrons. The molecule has 0 amide bonds. The lowest BCUT2D eigenvalue weighted by Gasteiger charge is -2.11. The minimum atomic E-state index is -0.241. The van der Waals surface area contributed by atoms with E-state index in [4.69, 9.17) is 4.74 Å². The smallest absolute Gasteiger partial charge is 0.135 e. The molecular formula is C18H13FO. The number of hydrogen-bond donors (Lipinski definition) is 0. The number of benzene rings is 3. The van der Waals surface area contributed by atoms with E-state index in [2.05, 4.69) is 0 Å². The second kappa shape index (κ2) is 5.57. The first kappa shape index (κ1) is 12.4. The molecule has 0 aliphatic rings. The second-order valence-corrected chi connectivity index (χ2v) is 4.42. The van der Waals surface area contributed by atoms with Gasteiger partial charge in [-0.05, 0) is 35.9 Å². The van der Waals surface area contributed by atoms with Gasteiger partial charge in [-0.25, -0.2) is 4.39 Å². The molecule has 1 nitrogen and oxygen atoms in total. The molecule has 0 bridgehead atoms. The highest BCUT2D eigenvalue weighted by Crippen LogP contribution is 2.33. The summed E-state index contributed by atoms with van der Waals surface area (Å²) in [5.74, 6) is 1.29. The third kappa shape index (κ3) is 2.69. The lowest BCUT2D eigenvalue weighted by molar-refractivity contribution is 0.484. The third-order valence-electron chi connectivity index (χ3n) is 3.01. The highest BCUT2D eigenvalue weighted by molar-refractivity contribution is 5.70. The molecule has 0 saturated heterocycles. The van der Waals surface area contributed by atoms with Gasteiger partial charge in [-0.2, -0.15) is 0 Å². The zero-order valence-corrected chi connectivity index (χ0v) is 10.8. The van der Waals surface area contributed by atoms with E-state index in [-0.39, 0.29) is 5.82 Å². The van der Waals surface area contributed by atoms with Crippen molar-refractivity contribution >= 4 is 0 Å². The fourth-order valence-corrected chi connectivity index (χ4v) is 2.04. The maximum Gasteiger partial charge on any atom is 0.135 e. The number of para-hydroxylation sites is 2. The topological polar surface area (TPSA) is 9.23 Å². The van der Waals surface area contributed by atoms with Gasteiger partial charge >= 0.3 is 0 Å². The van der Waals surface area contributed by atoms with Crippen LogP contribution in [0.4, 0.5) is 4.39 Å². The van der Waals surface area contributed by atoms with Crippen molar-refractivity contribution in [2.75, 3.05) is 0 Å². The van der Waals surface area contributed by atoms with E-state index in [1.54, 1.807) is 12.1 Å². The molecule has 0 aromatic heterocycles. The first-order chi connectivity index (χ1) is 9.83. The Bertz CT molecular complexity index is 690. The molecule has 3 aromatic rings. The maximum atomic E-state index is 13.0. The third-order valence-corrected chi connectivity index (χ3v) is 3.01. The predicted molar refractivity (Wildman–Crippen MR) is 78.4 cm³/mol. The monoisotopic (exact) mass is 264 g/mol. The average Bonchev–Trinajstić information content (AvgIpc) is 2.50. The van der Waals surface area contributed by atoms with Crippen molar-refractivity contribution in [1.82, 2.24) is 0 Å². The summed E-state index contributed by atoms with van der Waals surface area (Å²) in [5.41, 5.74) is 1.87. The molecule has 0 saturated carbocycles. The van der Waals surface area contributed by atoms with Crippen LogP contribution in [0.2, 0.25) is 0 Å². The average molecular weight is 264 g/mol. The van der Waals surface area contributed by atoms with Crippen molar-refractivity contribution in [1.29, 1.82) is 0 Å². The molecule has 0 fully saturated rings. The van der Waals surface area contributed by atoms with Gasteiger partial charge in [-0.3, -0.25) is 0 Å². The Hall–Kier alpha value is -2.61. The Morgan fingerprint density at radius 1 is 0.650 bits per heavy atom. The summed E-state index contributed by atoms with van der Waals surface area (Å²) in [4.78, 5) is 0. The van der Waals surface area contributed by atoms with E-state index in [9.17, 15) is 4.39 Å². The molecule has 98 valence electrons. The quantitative estimate of drug-likeness (QED) is 0.625. The van der Waals surface area contributed by atoms with Gasteiger partial charge in [0.15, 0.2) is 0 Å². The van der Waals surface area contributed by atoms with Gasteiger partial charge in [-0.1, -0.05) is 48.5 Å². The van der Waals surface area contributed by atoms with Crippen LogP contribution in [0, 0.1) is 5.82 Å². The van der Waals surface area contributed by atoms with E-state index < -0.39 is 0 Å². The summed E-state index contributed by atoms with van der Waals surface area (Å²) in [6.45, 7) is 0. The zero-order valence-electron chi connectivity index (χ0n) is 10.8. The fourth-order valence-electron chi connectivity index (χ4n) is 2.04. The van der Waals surface area contributed by atoms with Crippen LogP contribution in [0.5, 0.6) is 11.5 Å². The molecule has 2 heteroatoms. The number of hydrogen-bond acceptors (Lipinski definition) is 1. The van der Waals surface area contributed by atoms with E-state index in [0.29, 0.717) is 0 Å². The van der Waals surface area contributed by atoms with Gasteiger partial charge in [-0.15, -0.1) is 0 Å². The highest BCUT2D eigenvalue weighted by atomic mass is 19.1. The van der Waals surface area contributed by atoms with Crippen LogP contribution in [0.25, 0.3) is 11.1 Å². The van der Waals surface area contributed by atoms with Crippen molar-refractivity contribution in [3.63, 3.8) is 0 Å². The molecule has 20 heavy (non-hydrogen) atoms. The maximum absolute atomic E-state index is 13.0. The summed E-state index contributed by atoms with van der Waals surface area (Å²) < 4.78 is 18.9. The van der Waals surface area contributed by atoms with Crippen LogP contribution in [0.15, 0.2) is 78.9 Å². The van der Waals surface area contributed by atoms with Crippen molar-refractivity contribution in [2.45, 2.75) is 0 Å². The first-order valence-electron chi connectivity index (χ1n) is 6.41. The lowest BCUT2D eigenvalue weighted by Crippen LogP contribution is -1.88. The summed E-state index contributed by atoms with van der Waals surface area (Å²) >= 11 is 0. The van der Waals surface area contributed by atoms with Crippen LogP contribution in [-0.4, -0.2) is 0 Å². The first-order valence-corrected chi connectivity index (χ1v) is 6.41. The van der Waals surface area contributed by atoms with Crippen molar-refractivity contribution in [2.24, 2.45) is 0 Å². The Morgan fingerprint density at radius 2 is 1.30 bits per heavy atom. The van der Waals surface area contributed by atoms with Crippen LogP contribution in [0.1, 0.15) is 0 Å². The summed E-state index contributed by atoms with van der Waals surface area (Å²) in [6, 6.07) is 23.8. The fraction of sp³-hybridized carbons (Fsp3) is 0. The van der Waals surface area contributed by atoms with E-state index in [1.807, 2.05) is 54.6 Å². The zero-order chi connectivity index (χ0) is 13.8. The molecule has 3 aromatic carbocycles. The Kier molecular flexibility index (Phi) is 3.46. The van der Waals surface area contributed by atoms with Crippen molar-refractivity contribution < 1.29 is 9.13 Å². The van der Waals surface area contributed by atoms with Crippen LogP contribution < -0.4 is 4.74 Å². The molecule has 3 rings (SSSR count). The van der Waals surface area contributed by atoms with Crippen LogP contribution in [0.3, 0.4) is 0 Å². The standard InChI is InChI=1S/C18H13FO/c19-15-12-10-14(11-13-15)17-8-4-5-9-18(17)20-16-6-2-1-3-7-16/h1-13H. The Balaban J connectivity index is 1.98. The molecule has 0 unspecified atom stereocenters. The van der Waals surface area contributed by atoms with E-state index in [1.165, 1.54) is 12.1 Å². The number of ether oxygens (including phenoxy) is 1.